The van der Waals surface area contributed by atoms with Gasteiger partial charge in [0.25, 0.3) is 11.5 Å². The van der Waals surface area contributed by atoms with Crippen molar-refractivity contribution in [2.24, 2.45) is 5.73 Å². The van der Waals surface area contributed by atoms with Crippen molar-refractivity contribution < 1.29 is 9.59 Å². The van der Waals surface area contributed by atoms with Gasteiger partial charge in [0.05, 0.1) is 16.9 Å². The van der Waals surface area contributed by atoms with E-state index in [4.69, 9.17) is 5.73 Å². The van der Waals surface area contributed by atoms with Gasteiger partial charge in [-0.05, 0) is 43.7 Å². The molecule has 28 heavy (non-hydrogen) atoms. The van der Waals surface area contributed by atoms with Crippen LogP contribution in [0.1, 0.15) is 21.5 Å². The Bertz CT molecular complexity index is 1120. The van der Waals surface area contributed by atoms with Gasteiger partial charge in [0.15, 0.2) is 0 Å². The average Bonchev–Trinajstić information content (AvgIpc) is 2.66. The van der Waals surface area contributed by atoms with Gasteiger partial charge in [-0.15, -0.1) is 0 Å². The third kappa shape index (κ3) is 4.15. The number of aromatic nitrogens is 2. The van der Waals surface area contributed by atoms with Crippen LogP contribution in [-0.2, 0) is 11.3 Å². The predicted octanol–water partition coefficient (Wildman–Crippen LogP) is 2.26. The molecule has 0 aliphatic heterocycles. The lowest BCUT2D eigenvalue weighted by atomic mass is 10.0. The zero-order chi connectivity index (χ0) is 20.3. The van der Waals surface area contributed by atoms with Gasteiger partial charge in [-0.2, -0.15) is 5.10 Å². The molecular formula is C21H20N4O3. The van der Waals surface area contributed by atoms with Crippen LogP contribution in [0.25, 0.3) is 11.3 Å². The molecule has 0 bridgehead atoms. The molecule has 7 heteroatoms. The minimum atomic E-state index is -0.650. The molecule has 2 amide bonds. The Kier molecular flexibility index (Phi) is 5.35. The number of hydrogen-bond donors (Lipinski definition) is 2. The number of nitrogens with two attached hydrogens (primary N) is 1. The maximum Gasteiger partial charge on any atom is 0.267 e. The number of aryl methyl sites for hydroxylation is 2. The quantitative estimate of drug-likeness (QED) is 0.712. The molecule has 0 saturated heterocycles. The molecule has 7 nitrogen and oxygen atoms in total. The van der Waals surface area contributed by atoms with Crippen molar-refractivity contribution in [3.8, 4) is 11.3 Å². The second-order valence-corrected chi connectivity index (χ2v) is 6.49. The van der Waals surface area contributed by atoms with Crippen LogP contribution in [0.4, 0.5) is 5.69 Å². The summed E-state index contributed by atoms with van der Waals surface area (Å²) >= 11 is 0. The number of nitrogens with zero attached hydrogens (tertiary/aromatic N) is 2. The van der Waals surface area contributed by atoms with Crippen molar-refractivity contribution in [1.29, 1.82) is 0 Å². The summed E-state index contributed by atoms with van der Waals surface area (Å²) in [5.74, 6) is -1.13. The fourth-order valence-electron chi connectivity index (χ4n) is 2.85. The lowest BCUT2D eigenvalue weighted by molar-refractivity contribution is -0.117. The van der Waals surface area contributed by atoms with Crippen LogP contribution in [0.5, 0.6) is 0 Å². The van der Waals surface area contributed by atoms with Gasteiger partial charge in [-0.1, -0.05) is 29.8 Å². The minimum absolute atomic E-state index is 0.195. The molecule has 0 unspecified atom stereocenters. The number of amides is 2. The third-order valence-electron chi connectivity index (χ3n) is 4.30. The fourth-order valence-corrected chi connectivity index (χ4v) is 2.85. The van der Waals surface area contributed by atoms with Crippen molar-refractivity contribution in [2.75, 3.05) is 5.32 Å². The van der Waals surface area contributed by atoms with Gasteiger partial charge in [-0.25, -0.2) is 4.68 Å². The Balaban J connectivity index is 1.87. The van der Waals surface area contributed by atoms with Crippen molar-refractivity contribution >= 4 is 17.5 Å². The van der Waals surface area contributed by atoms with E-state index in [1.165, 1.54) is 12.1 Å². The Labute approximate surface area is 161 Å². The van der Waals surface area contributed by atoms with E-state index in [2.05, 4.69) is 10.4 Å². The van der Waals surface area contributed by atoms with Crippen LogP contribution in [0.3, 0.4) is 0 Å². The highest BCUT2D eigenvalue weighted by molar-refractivity contribution is 6.02. The van der Waals surface area contributed by atoms with E-state index in [1.807, 2.05) is 32.0 Å². The monoisotopic (exact) mass is 376 g/mol. The lowest BCUT2D eigenvalue weighted by Gasteiger charge is -2.11. The fraction of sp³-hybridized carbons (Fsp3) is 0.143. The van der Waals surface area contributed by atoms with Crippen LogP contribution in [0, 0.1) is 13.8 Å². The molecule has 1 aromatic heterocycles. The summed E-state index contributed by atoms with van der Waals surface area (Å²) in [6.45, 7) is 3.65. The molecule has 3 N–H and O–H groups in total. The smallest absolute Gasteiger partial charge is 0.267 e. The molecule has 0 aliphatic rings. The normalized spacial score (nSPS) is 10.5. The van der Waals surface area contributed by atoms with E-state index < -0.39 is 17.4 Å². The molecule has 0 atom stereocenters. The van der Waals surface area contributed by atoms with Gasteiger partial charge in [-0.3, -0.25) is 14.4 Å². The molecule has 142 valence electrons. The number of benzene rings is 2. The molecule has 3 rings (SSSR count). The molecule has 2 aromatic carbocycles. The number of anilines is 1. The number of nitrogens with one attached hydrogen (secondary N) is 1. The van der Waals surface area contributed by atoms with E-state index in [0.717, 1.165) is 21.4 Å². The number of hydrogen-bond acceptors (Lipinski definition) is 4. The summed E-state index contributed by atoms with van der Waals surface area (Å²) in [6, 6.07) is 15.4. The Morgan fingerprint density at radius 1 is 1.07 bits per heavy atom. The van der Waals surface area contributed by atoms with E-state index in [0.29, 0.717) is 11.4 Å². The van der Waals surface area contributed by atoms with E-state index in [1.54, 1.807) is 24.3 Å². The molecular weight excluding hydrogens is 356 g/mol. The first kappa shape index (κ1) is 19.0. The number of carbonyl (C=O) groups is 2. The molecule has 0 radical (unpaired) electrons. The Hall–Kier alpha value is -3.74. The second kappa shape index (κ2) is 7.87. The molecule has 0 saturated carbocycles. The SMILES string of the molecule is Cc1ccc(C)c(-c2ccc(=O)n(CC(=O)Nc3ccccc3C(N)=O)n2)c1. The maximum atomic E-state index is 12.4. The number of rotatable bonds is 5. The molecule has 0 aliphatic carbocycles. The van der Waals surface area contributed by atoms with Gasteiger partial charge >= 0.3 is 0 Å². The standard InChI is InChI=1S/C21H20N4O3/c1-13-7-8-14(2)16(11-13)18-9-10-20(27)25(24-18)12-19(26)23-17-6-4-3-5-15(17)21(22)28/h3-11H,12H2,1-2H3,(H2,22,28)(H,23,26). The van der Waals surface area contributed by atoms with Gasteiger partial charge < -0.3 is 11.1 Å². The third-order valence-corrected chi connectivity index (χ3v) is 4.30. The summed E-state index contributed by atoms with van der Waals surface area (Å²) in [5.41, 5.74) is 9.00. The zero-order valence-corrected chi connectivity index (χ0v) is 15.6. The first-order valence-corrected chi connectivity index (χ1v) is 8.69. The summed E-state index contributed by atoms with van der Waals surface area (Å²) in [7, 11) is 0. The van der Waals surface area contributed by atoms with Crippen LogP contribution in [-0.4, -0.2) is 21.6 Å². The van der Waals surface area contributed by atoms with Gasteiger partial charge in [0.2, 0.25) is 5.91 Å². The largest absolute Gasteiger partial charge is 0.366 e. The number of para-hydroxylation sites is 1. The summed E-state index contributed by atoms with van der Waals surface area (Å²) < 4.78 is 1.10. The number of carbonyl (C=O) groups excluding carboxylic acids is 2. The highest BCUT2D eigenvalue weighted by Crippen LogP contribution is 2.21. The molecule has 0 spiro atoms. The zero-order valence-electron chi connectivity index (χ0n) is 15.6. The number of primary amides is 1. The summed E-state index contributed by atoms with van der Waals surface area (Å²) in [5, 5.41) is 6.94. The van der Waals surface area contributed by atoms with Crippen molar-refractivity contribution in [2.45, 2.75) is 20.4 Å². The van der Waals surface area contributed by atoms with Gasteiger partial charge in [0, 0.05) is 11.6 Å². The van der Waals surface area contributed by atoms with Crippen molar-refractivity contribution in [1.82, 2.24) is 9.78 Å². The van der Waals surface area contributed by atoms with Crippen LogP contribution >= 0.6 is 0 Å². The predicted molar refractivity (Wildman–Crippen MR) is 107 cm³/mol. The van der Waals surface area contributed by atoms with E-state index in [9.17, 15) is 14.4 Å². The maximum absolute atomic E-state index is 12.4. The first-order valence-electron chi connectivity index (χ1n) is 8.69. The van der Waals surface area contributed by atoms with Crippen molar-refractivity contribution in [3.05, 3.63) is 81.6 Å². The molecule has 0 fully saturated rings. The van der Waals surface area contributed by atoms with E-state index in [-0.39, 0.29) is 12.1 Å². The summed E-state index contributed by atoms with van der Waals surface area (Å²) in [4.78, 5) is 36.1. The second-order valence-electron chi connectivity index (χ2n) is 6.49. The first-order chi connectivity index (χ1) is 13.3. The van der Waals surface area contributed by atoms with Crippen LogP contribution in [0.2, 0.25) is 0 Å². The van der Waals surface area contributed by atoms with Crippen molar-refractivity contribution in [3.63, 3.8) is 0 Å². The Morgan fingerprint density at radius 2 is 1.82 bits per heavy atom. The highest BCUT2D eigenvalue weighted by Gasteiger charge is 2.13. The molecule has 3 aromatic rings. The average molecular weight is 376 g/mol. The summed E-state index contributed by atoms with van der Waals surface area (Å²) in [6.07, 6.45) is 0. The van der Waals surface area contributed by atoms with Crippen LogP contribution < -0.4 is 16.6 Å². The van der Waals surface area contributed by atoms with E-state index >= 15 is 0 Å². The molecule has 1 heterocycles. The van der Waals surface area contributed by atoms with Gasteiger partial charge in [0.1, 0.15) is 6.54 Å². The minimum Gasteiger partial charge on any atom is -0.366 e. The lowest BCUT2D eigenvalue weighted by Crippen LogP contribution is -2.30. The Morgan fingerprint density at radius 3 is 2.57 bits per heavy atom. The topological polar surface area (TPSA) is 107 Å². The highest BCUT2D eigenvalue weighted by atomic mass is 16.2. The van der Waals surface area contributed by atoms with Crippen LogP contribution in [0.15, 0.2) is 59.4 Å².